The Bertz CT molecular complexity index is 1370. The Hall–Kier alpha value is -0.390. The van der Waals surface area contributed by atoms with Crippen molar-refractivity contribution in [3.05, 3.63) is 0 Å². The first-order valence-corrected chi connectivity index (χ1v) is 19.9. The van der Waals surface area contributed by atoms with Crippen LogP contribution < -0.4 is 0 Å². The van der Waals surface area contributed by atoms with Crippen LogP contribution in [0.4, 0.5) is 0 Å². The molecule has 0 unspecified atom stereocenters. The molecule has 3 N–H and O–H groups in total. The minimum absolute atomic E-state index is 0.00197. The van der Waals surface area contributed by atoms with Crippen LogP contribution in [0.3, 0.4) is 0 Å². The molecule has 0 spiro atoms. The lowest BCUT2D eigenvalue weighted by Gasteiger charge is -2.63. The zero-order valence-corrected chi connectivity index (χ0v) is 29.3. The van der Waals surface area contributed by atoms with Crippen LogP contribution in [0.25, 0.3) is 0 Å². The largest absolute Gasteiger partial charge is 0.397 e. The van der Waals surface area contributed by atoms with Gasteiger partial charge in [-0.2, -0.15) is 25.3 Å². The highest BCUT2D eigenvalue weighted by molar-refractivity contribution is 7.81. The number of hydrogen-bond acceptors (Lipinski definition) is 9. The van der Waals surface area contributed by atoms with E-state index >= 15 is 0 Å². The van der Waals surface area contributed by atoms with Crippen LogP contribution in [0, 0.1) is 57.7 Å². The van der Waals surface area contributed by atoms with E-state index in [1.165, 1.54) is 0 Å². The lowest BCUT2D eigenvalue weighted by atomic mass is 9.43. The van der Waals surface area contributed by atoms with Gasteiger partial charge in [0.2, 0.25) is 0 Å². The summed E-state index contributed by atoms with van der Waals surface area (Å²) >= 11 is 0. The Labute approximate surface area is 264 Å². The Kier molecular flexibility index (Phi) is 10.1. The second kappa shape index (κ2) is 12.2. The molecule has 0 heterocycles. The van der Waals surface area contributed by atoms with Gasteiger partial charge in [0.05, 0.1) is 6.10 Å². The molecule has 0 aromatic heterocycles. The molecular weight excluding hydrogens is 637 g/mol. The Morgan fingerprint density at radius 3 is 1.77 bits per heavy atom. The van der Waals surface area contributed by atoms with Gasteiger partial charge in [0, 0.05) is 0 Å². The zero-order chi connectivity index (χ0) is 33.3. The van der Waals surface area contributed by atoms with Gasteiger partial charge in [0.15, 0.2) is 0 Å². The lowest BCUT2D eigenvalue weighted by molar-refractivity contribution is -0.184. The summed E-state index contributed by atoms with van der Waals surface area (Å²) in [5, 5.41) is 0. The molecule has 4 rings (SSSR count). The fourth-order valence-electron chi connectivity index (χ4n) is 10.2. The van der Waals surface area contributed by atoms with Crippen molar-refractivity contribution in [2.24, 2.45) is 57.7 Å². The smallest absolute Gasteiger partial charge is 0.264 e. The fourth-order valence-corrected chi connectivity index (χ4v) is 11.7. The van der Waals surface area contributed by atoms with E-state index in [2.05, 4.69) is 41.5 Å². The van der Waals surface area contributed by atoms with Crippen LogP contribution in [-0.2, 0) is 43.7 Å². The van der Waals surface area contributed by atoms with E-state index in [4.69, 9.17) is 12.5 Å². The number of fused-ring (bicyclic) bond motifs is 5. The molecule has 4 aliphatic rings. The maximum Gasteiger partial charge on any atom is 0.397 e. The molecule has 4 saturated carbocycles. The molecule has 15 heteroatoms. The second-order valence-electron chi connectivity index (χ2n) is 15.9. The monoisotopic (exact) mass is 688 g/mol. The molecule has 0 aliphatic heterocycles. The topological polar surface area (TPSA) is 191 Å². The van der Waals surface area contributed by atoms with Gasteiger partial charge in [-0.05, 0) is 109 Å². The average molecular weight is 689 g/mol. The van der Waals surface area contributed by atoms with Crippen LogP contribution >= 0.6 is 0 Å². The summed E-state index contributed by atoms with van der Waals surface area (Å²) in [5.74, 6) is 1.12. The molecule has 0 aromatic rings. The van der Waals surface area contributed by atoms with Gasteiger partial charge in [0.25, 0.3) is 0 Å². The van der Waals surface area contributed by atoms with E-state index in [1.807, 2.05) is 6.92 Å². The fraction of sp³-hybridized carbons (Fsp3) is 1.00. The minimum Gasteiger partial charge on any atom is -0.264 e. The number of hydrogen-bond donors (Lipinski definition) is 3. The van der Waals surface area contributed by atoms with Gasteiger partial charge in [-0.15, -0.1) is 0 Å². The van der Waals surface area contributed by atoms with Crippen molar-refractivity contribution in [3.63, 3.8) is 0 Å². The van der Waals surface area contributed by atoms with E-state index in [0.717, 1.165) is 38.5 Å². The zero-order valence-electron chi connectivity index (χ0n) is 26.9. The van der Waals surface area contributed by atoms with Gasteiger partial charge >= 0.3 is 31.2 Å². The first-order chi connectivity index (χ1) is 19.8. The molecular formula is C29H52O12S3. The predicted octanol–water partition coefficient (Wildman–Crippen LogP) is 5.53. The Morgan fingerprint density at radius 2 is 1.23 bits per heavy atom. The molecule has 258 valence electrons. The van der Waals surface area contributed by atoms with Crippen LogP contribution in [0.2, 0.25) is 0 Å². The van der Waals surface area contributed by atoms with Crippen molar-refractivity contribution < 1.29 is 51.5 Å². The summed E-state index contributed by atoms with van der Waals surface area (Å²) in [5.41, 5.74) is -0.578. The van der Waals surface area contributed by atoms with E-state index in [-0.39, 0.29) is 41.4 Å². The highest BCUT2D eigenvalue weighted by Crippen LogP contribution is 2.69. The minimum atomic E-state index is -5.06. The molecule has 44 heavy (non-hydrogen) atoms. The van der Waals surface area contributed by atoms with Gasteiger partial charge in [-0.1, -0.05) is 54.9 Å². The van der Waals surface area contributed by atoms with Crippen molar-refractivity contribution in [3.8, 4) is 0 Å². The van der Waals surface area contributed by atoms with Gasteiger partial charge in [0.1, 0.15) is 12.2 Å². The molecule has 4 fully saturated rings. The molecule has 12 nitrogen and oxygen atoms in total. The quantitative estimate of drug-likeness (QED) is 0.244. The third-order valence-corrected chi connectivity index (χ3v) is 14.1. The van der Waals surface area contributed by atoms with Crippen LogP contribution in [-0.4, -0.2) is 57.2 Å². The summed E-state index contributed by atoms with van der Waals surface area (Å²) in [6, 6.07) is 0. The van der Waals surface area contributed by atoms with Crippen molar-refractivity contribution in [1.29, 1.82) is 0 Å². The molecule has 0 radical (unpaired) electrons. The summed E-state index contributed by atoms with van der Waals surface area (Å²) in [6.45, 7) is 15.7. The van der Waals surface area contributed by atoms with Crippen molar-refractivity contribution in [2.75, 3.05) is 0 Å². The van der Waals surface area contributed by atoms with Gasteiger partial charge in [-0.3, -0.25) is 13.7 Å². The first kappa shape index (κ1) is 36.4. The predicted molar refractivity (Wildman–Crippen MR) is 162 cm³/mol. The summed E-state index contributed by atoms with van der Waals surface area (Å²) in [4.78, 5) is 0. The summed E-state index contributed by atoms with van der Waals surface area (Å²) < 4.78 is 115. The third kappa shape index (κ3) is 7.83. The number of rotatable bonds is 10. The molecule has 0 saturated heterocycles. The SMILES string of the molecule is C[C@H](CC[C@H](C)C(C)(C)C)[C@H]1CC[C@H]2[C@@H]3C[C@H](OS(=O)(=O)O)[C@H]4C[C@H](OS(=O)(=O)O)[C@@H](OS(=O)(=O)O)C[C@]4(C)[C@H]3CC[C@]12C. The molecule has 0 amide bonds. The molecule has 12 atom stereocenters. The van der Waals surface area contributed by atoms with Crippen molar-refractivity contribution >= 4 is 31.2 Å². The van der Waals surface area contributed by atoms with Crippen molar-refractivity contribution in [1.82, 2.24) is 0 Å². The van der Waals surface area contributed by atoms with E-state index < -0.39 is 60.8 Å². The standard InChI is InChI=1S/C29H52O12S3/c1-17(8-9-18(2)27(3,4)5)20-10-11-21-19-14-24(39-42(30,31)32)23-15-25(40-43(33,34)35)26(41-44(36,37)38)16-29(23,7)22(19)12-13-28(20,21)6/h17-26H,8-16H2,1-7H3,(H,30,31,32)(H,33,34,35)(H,36,37,38)/t17-,18+,19+,20-,21+,22+,23-,24+,25+,26+,28-,29-/m1/s1. The van der Waals surface area contributed by atoms with Crippen LogP contribution in [0.1, 0.15) is 106 Å². The van der Waals surface area contributed by atoms with Crippen LogP contribution in [0.15, 0.2) is 0 Å². The van der Waals surface area contributed by atoms with Crippen molar-refractivity contribution in [2.45, 2.75) is 125 Å². The maximum absolute atomic E-state index is 12.1. The van der Waals surface area contributed by atoms with E-state index in [0.29, 0.717) is 24.2 Å². The van der Waals surface area contributed by atoms with Gasteiger partial charge in [-0.25, -0.2) is 12.5 Å². The normalized spacial score (nSPS) is 41.3. The highest BCUT2D eigenvalue weighted by Gasteiger charge is 2.65. The Balaban J connectivity index is 1.66. The molecule has 0 bridgehead atoms. The summed E-state index contributed by atoms with van der Waals surface area (Å²) in [6.07, 6.45) is 1.92. The highest BCUT2D eigenvalue weighted by atomic mass is 32.3. The first-order valence-electron chi connectivity index (χ1n) is 15.8. The maximum atomic E-state index is 12.1. The summed E-state index contributed by atoms with van der Waals surface area (Å²) in [7, 11) is -15.0. The second-order valence-corrected chi connectivity index (χ2v) is 19.0. The van der Waals surface area contributed by atoms with E-state index in [9.17, 15) is 38.9 Å². The van der Waals surface area contributed by atoms with Crippen LogP contribution in [0.5, 0.6) is 0 Å². The van der Waals surface area contributed by atoms with Gasteiger partial charge < -0.3 is 0 Å². The Morgan fingerprint density at radius 1 is 0.705 bits per heavy atom. The molecule has 4 aliphatic carbocycles. The average Bonchev–Trinajstić information content (AvgIpc) is 3.17. The molecule has 0 aromatic carbocycles. The lowest BCUT2D eigenvalue weighted by Crippen LogP contribution is -2.62. The third-order valence-electron chi connectivity index (χ3n) is 12.7. The van der Waals surface area contributed by atoms with E-state index in [1.54, 1.807) is 0 Å².